The van der Waals surface area contributed by atoms with Gasteiger partial charge in [-0.2, -0.15) is 0 Å². The minimum atomic E-state index is -0.145. The van der Waals surface area contributed by atoms with E-state index in [9.17, 15) is 4.79 Å². The molecule has 24 heavy (non-hydrogen) atoms. The molecule has 0 saturated heterocycles. The van der Waals surface area contributed by atoms with Gasteiger partial charge in [-0.05, 0) is 38.6 Å². The van der Waals surface area contributed by atoms with Crippen LogP contribution in [0, 0.1) is 5.92 Å². The normalized spacial score (nSPS) is 18.0. The summed E-state index contributed by atoms with van der Waals surface area (Å²) in [6.45, 7) is 6.99. The predicted molar refractivity (Wildman–Crippen MR) is 96.4 cm³/mol. The Bertz CT molecular complexity index is 586. The molecule has 0 aliphatic carbocycles. The highest BCUT2D eigenvalue weighted by atomic mass is 16.5. The fourth-order valence-electron chi connectivity index (χ4n) is 3.29. The summed E-state index contributed by atoms with van der Waals surface area (Å²) in [6, 6.07) is 5.76. The molecule has 1 aliphatic rings. The van der Waals surface area contributed by atoms with Crippen molar-refractivity contribution in [1.29, 1.82) is 0 Å². The molecule has 1 aromatic carbocycles. The fraction of sp³-hybridized carbons (Fsp3) is 0.526. The van der Waals surface area contributed by atoms with Crippen molar-refractivity contribution < 1.29 is 14.3 Å². The molecule has 1 atom stereocenters. The average Bonchev–Trinajstić information content (AvgIpc) is 2.61. The lowest BCUT2D eigenvalue weighted by molar-refractivity contribution is -0.134. The molecule has 0 spiro atoms. The van der Waals surface area contributed by atoms with Crippen LogP contribution in [0.3, 0.4) is 0 Å². The van der Waals surface area contributed by atoms with Crippen molar-refractivity contribution in [3.8, 4) is 11.5 Å². The summed E-state index contributed by atoms with van der Waals surface area (Å²) in [4.78, 5) is 16.8. The van der Waals surface area contributed by atoms with Crippen LogP contribution in [0.1, 0.15) is 19.4 Å². The predicted octanol–water partition coefficient (Wildman–Crippen LogP) is 2.52. The number of amides is 1. The lowest BCUT2D eigenvalue weighted by atomic mass is 9.93. The Hall–Kier alpha value is -2.01. The van der Waals surface area contributed by atoms with Gasteiger partial charge in [-0.1, -0.05) is 12.1 Å². The molecule has 0 unspecified atom stereocenters. The summed E-state index contributed by atoms with van der Waals surface area (Å²) in [6.07, 6.45) is 2.08. The van der Waals surface area contributed by atoms with Gasteiger partial charge >= 0.3 is 0 Å². The molecule has 0 radical (unpaired) electrons. The Labute approximate surface area is 144 Å². The summed E-state index contributed by atoms with van der Waals surface area (Å²) in [7, 11) is 5.35. The van der Waals surface area contributed by atoms with Gasteiger partial charge in [-0.15, -0.1) is 0 Å². The van der Waals surface area contributed by atoms with Crippen LogP contribution in [-0.4, -0.2) is 63.2 Å². The van der Waals surface area contributed by atoms with Gasteiger partial charge < -0.3 is 19.3 Å². The molecule has 0 saturated carbocycles. The van der Waals surface area contributed by atoms with Gasteiger partial charge in [0.15, 0.2) is 0 Å². The molecule has 0 bridgehead atoms. The number of hydrogen-bond acceptors (Lipinski definition) is 4. The molecule has 5 nitrogen and oxygen atoms in total. The number of nitrogens with zero attached hydrogens (tertiary/aromatic N) is 2. The largest absolute Gasteiger partial charge is 0.496 e. The highest BCUT2D eigenvalue weighted by molar-refractivity contribution is 5.86. The van der Waals surface area contributed by atoms with E-state index in [1.54, 1.807) is 14.2 Å². The number of hydrogen-bond donors (Lipinski definition) is 0. The number of methoxy groups -OCH3 is 2. The highest BCUT2D eigenvalue weighted by Crippen LogP contribution is 2.37. The Morgan fingerprint density at radius 2 is 1.79 bits per heavy atom. The average molecular weight is 332 g/mol. The third-order valence-electron chi connectivity index (χ3n) is 4.49. The number of ether oxygens (including phenoxy) is 2. The number of benzene rings is 1. The highest BCUT2D eigenvalue weighted by Gasteiger charge is 2.28. The number of rotatable bonds is 6. The van der Waals surface area contributed by atoms with E-state index in [4.69, 9.17) is 9.47 Å². The molecule has 0 aromatic heterocycles. The minimum Gasteiger partial charge on any atom is -0.496 e. The first-order chi connectivity index (χ1) is 11.5. The molecule has 1 aliphatic heterocycles. The summed E-state index contributed by atoms with van der Waals surface area (Å²) in [5, 5.41) is 0. The zero-order valence-corrected chi connectivity index (χ0v) is 15.3. The molecular formula is C19H28N2O3. The van der Waals surface area contributed by atoms with Crippen LogP contribution in [0.25, 0.3) is 5.57 Å². The zero-order valence-electron chi connectivity index (χ0n) is 15.3. The first kappa shape index (κ1) is 18.3. The van der Waals surface area contributed by atoms with Crippen LogP contribution in [0.2, 0.25) is 0 Å². The smallest absolute Gasteiger partial charge is 0.230 e. The zero-order chi connectivity index (χ0) is 17.7. The van der Waals surface area contributed by atoms with Crippen LogP contribution in [0.5, 0.6) is 11.5 Å². The van der Waals surface area contributed by atoms with Crippen molar-refractivity contribution in [3.63, 3.8) is 0 Å². The van der Waals surface area contributed by atoms with Crippen molar-refractivity contribution in [2.45, 2.75) is 13.8 Å². The maximum absolute atomic E-state index is 12.8. The lowest BCUT2D eigenvalue weighted by Crippen LogP contribution is -2.42. The van der Waals surface area contributed by atoms with E-state index >= 15 is 0 Å². The monoisotopic (exact) mass is 332 g/mol. The van der Waals surface area contributed by atoms with E-state index in [1.807, 2.05) is 44.0 Å². The van der Waals surface area contributed by atoms with E-state index in [1.165, 1.54) is 0 Å². The van der Waals surface area contributed by atoms with Crippen LogP contribution in [0.15, 0.2) is 24.3 Å². The molecule has 2 rings (SSSR count). The first-order valence-corrected chi connectivity index (χ1v) is 8.45. The van der Waals surface area contributed by atoms with Crippen LogP contribution in [-0.2, 0) is 4.79 Å². The van der Waals surface area contributed by atoms with E-state index in [0.717, 1.165) is 48.8 Å². The number of likely N-dealkylation sites (N-methyl/N-ethyl adjacent to an activating group) is 1. The third kappa shape index (κ3) is 3.73. The second-order valence-corrected chi connectivity index (χ2v) is 6.04. The van der Waals surface area contributed by atoms with Crippen molar-refractivity contribution in [1.82, 2.24) is 9.80 Å². The van der Waals surface area contributed by atoms with Gasteiger partial charge in [-0.25, -0.2) is 0 Å². The van der Waals surface area contributed by atoms with Crippen molar-refractivity contribution in [2.24, 2.45) is 5.92 Å². The lowest BCUT2D eigenvalue weighted by Gasteiger charge is -2.32. The van der Waals surface area contributed by atoms with Gasteiger partial charge in [0.25, 0.3) is 0 Å². The van der Waals surface area contributed by atoms with Gasteiger partial charge in [0, 0.05) is 26.2 Å². The molecule has 132 valence electrons. The van der Waals surface area contributed by atoms with E-state index in [-0.39, 0.29) is 11.8 Å². The SMILES string of the molecule is CCN(CC)C(=O)[C@H]1C=C(c2c(OC)cccc2OC)CN(C)C1. The fourth-order valence-corrected chi connectivity index (χ4v) is 3.29. The van der Waals surface area contributed by atoms with E-state index < -0.39 is 0 Å². The maximum Gasteiger partial charge on any atom is 0.230 e. The number of carbonyl (C=O) groups is 1. The molecule has 1 aromatic rings. The Morgan fingerprint density at radius 1 is 1.21 bits per heavy atom. The van der Waals surface area contributed by atoms with Crippen LogP contribution >= 0.6 is 0 Å². The van der Waals surface area contributed by atoms with Crippen molar-refractivity contribution in [3.05, 3.63) is 29.8 Å². The second kappa shape index (κ2) is 8.20. The van der Waals surface area contributed by atoms with E-state index in [2.05, 4.69) is 11.0 Å². The van der Waals surface area contributed by atoms with Gasteiger partial charge in [-0.3, -0.25) is 4.79 Å². The van der Waals surface area contributed by atoms with Crippen molar-refractivity contribution >= 4 is 11.5 Å². The standard InChI is InChI=1S/C19H28N2O3/c1-6-21(7-2)19(22)15-11-14(12-20(3)13-15)18-16(23-4)9-8-10-17(18)24-5/h8-11,15H,6-7,12-13H2,1-5H3/t15-/m0/s1. The Morgan fingerprint density at radius 3 is 2.29 bits per heavy atom. The van der Waals surface area contributed by atoms with Gasteiger partial charge in [0.05, 0.1) is 25.7 Å². The third-order valence-corrected chi connectivity index (χ3v) is 4.49. The Kier molecular flexibility index (Phi) is 6.26. The maximum atomic E-state index is 12.8. The van der Waals surface area contributed by atoms with Gasteiger partial charge in [0.1, 0.15) is 11.5 Å². The quantitative estimate of drug-likeness (QED) is 0.803. The second-order valence-electron chi connectivity index (χ2n) is 6.04. The summed E-state index contributed by atoms with van der Waals surface area (Å²) in [5.41, 5.74) is 2.01. The topological polar surface area (TPSA) is 42.0 Å². The van der Waals surface area contributed by atoms with E-state index in [0.29, 0.717) is 0 Å². The summed E-state index contributed by atoms with van der Waals surface area (Å²) >= 11 is 0. The summed E-state index contributed by atoms with van der Waals surface area (Å²) < 4.78 is 11.1. The van der Waals surface area contributed by atoms with Crippen molar-refractivity contribution in [2.75, 3.05) is 47.4 Å². The van der Waals surface area contributed by atoms with Gasteiger partial charge in [0.2, 0.25) is 5.91 Å². The van der Waals surface area contributed by atoms with Crippen LogP contribution < -0.4 is 9.47 Å². The number of carbonyl (C=O) groups excluding carboxylic acids is 1. The minimum absolute atomic E-state index is 0.145. The molecular weight excluding hydrogens is 304 g/mol. The molecule has 0 N–H and O–H groups in total. The molecule has 5 heteroatoms. The molecule has 1 heterocycles. The first-order valence-electron chi connectivity index (χ1n) is 8.45. The molecule has 0 fully saturated rings. The summed E-state index contributed by atoms with van der Waals surface area (Å²) in [5.74, 6) is 1.57. The molecule has 1 amide bonds. The Balaban J connectivity index is 2.44. The van der Waals surface area contributed by atoms with Crippen LogP contribution in [0.4, 0.5) is 0 Å².